The topological polar surface area (TPSA) is 74.6 Å². The predicted molar refractivity (Wildman–Crippen MR) is 70.5 cm³/mol. The highest BCUT2D eigenvalue weighted by Gasteiger charge is 2.18. The minimum atomic E-state index is -1.06. The summed E-state index contributed by atoms with van der Waals surface area (Å²) in [5.41, 5.74) is 0. The monoisotopic (exact) mass is 256 g/mol. The molecule has 0 aromatic heterocycles. The quantitative estimate of drug-likeness (QED) is 0.438. The molecule has 0 heterocycles. The van der Waals surface area contributed by atoms with Crippen molar-refractivity contribution in [2.45, 2.75) is 58.3 Å². The normalized spacial score (nSPS) is 12.7. The fraction of sp³-hybridized carbons (Fsp3) is 0.714. The first-order valence-corrected chi connectivity index (χ1v) is 6.67. The van der Waals surface area contributed by atoms with E-state index in [-0.39, 0.29) is 6.42 Å². The Morgan fingerprint density at radius 2 is 1.72 bits per heavy atom. The summed E-state index contributed by atoms with van der Waals surface area (Å²) < 4.78 is 0. The molecule has 1 atom stereocenters. The summed E-state index contributed by atoms with van der Waals surface area (Å²) in [5.74, 6) is -2.90. The molecular formula is C14H24O4. The first kappa shape index (κ1) is 16.7. The molecule has 2 N–H and O–H groups in total. The van der Waals surface area contributed by atoms with Crippen molar-refractivity contribution in [3.05, 3.63) is 12.2 Å². The lowest BCUT2D eigenvalue weighted by atomic mass is 10.0. The standard InChI is InChI=1S/C14H24O4/c1-2-3-4-5-6-7-8-9-10-12(14(17)18)11-13(15)16/h8-9,12H,2-7,10-11H2,1H3,(H,15,16)(H,17,18)/b9-8+. The van der Waals surface area contributed by atoms with Gasteiger partial charge in [0, 0.05) is 0 Å². The van der Waals surface area contributed by atoms with Crippen LogP contribution in [0.1, 0.15) is 58.3 Å². The summed E-state index contributed by atoms with van der Waals surface area (Å²) >= 11 is 0. The van der Waals surface area contributed by atoms with Crippen LogP contribution in [-0.4, -0.2) is 22.2 Å². The van der Waals surface area contributed by atoms with Crippen molar-refractivity contribution >= 4 is 11.9 Å². The third kappa shape index (κ3) is 9.87. The van der Waals surface area contributed by atoms with Crippen LogP contribution in [0.5, 0.6) is 0 Å². The Hall–Kier alpha value is -1.32. The Labute approximate surface area is 109 Å². The van der Waals surface area contributed by atoms with Crippen LogP contribution >= 0.6 is 0 Å². The van der Waals surface area contributed by atoms with Gasteiger partial charge in [0.1, 0.15) is 0 Å². The van der Waals surface area contributed by atoms with Crippen LogP contribution in [0.25, 0.3) is 0 Å². The molecule has 104 valence electrons. The smallest absolute Gasteiger partial charge is 0.307 e. The van der Waals surface area contributed by atoms with Gasteiger partial charge in [0.15, 0.2) is 0 Å². The van der Waals surface area contributed by atoms with Crippen molar-refractivity contribution in [1.29, 1.82) is 0 Å². The van der Waals surface area contributed by atoms with E-state index in [0.29, 0.717) is 6.42 Å². The van der Waals surface area contributed by atoms with Gasteiger partial charge in [-0.05, 0) is 19.3 Å². The van der Waals surface area contributed by atoms with E-state index in [0.717, 1.165) is 12.8 Å². The Morgan fingerprint density at radius 3 is 2.28 bits per heavy atom. The number of aliphatic carboxylic acids is 2. The van der Waals surface area contributed by atoms with Gasteiger partial charge in [0.25, 0.3) is 0 Å². The number of hydrogen-bond acceptors (Lipinski definition) is 2. The Morgan fingerprint density at radius 1 is 1.06 bits per heavy atom. The van der Waals surface area contributed by atoms with Crippen molar-refractivity contribution < 1.29 is 19.8 Å². The zero-order valence-corrected chi connectivity index (χ0v) is 11.1. The number of hydrogen-bond donors (Lipinski definition) is 2. The van der Waals surface area contributed by atoms with Crippen LogP contribution in [0.15, 0.2) is 12.2 Å². The second kappa shape index (κ2) is 10.8. The maximum absolute atomic E-state index is 10.8. The first-order chi connectivity index (χ1) is 8.57. The Balaban J connectivity index is 3.70. The molecule has 18 heavy (non-hydrogen) atoms. The molecule has 1 unspecified atom stereocenters. The molecule has 4 heteroatoms. The van der Waals surface area contributed by atoms with Gasteiger partial charge >= 0.3 is 11.9 Å². The molecule has 0 aliphatic carbocycles. The summed E-state index contributed by atoms with van der Waals surface area (Å²) in [4.78, 5) is 21.2. The number of allylic oxidation sites excluding steroid dienone is 2. The molecule has 0 saturated carbocycles. The van der Waals surface area contributed by atoms with Gasteiger partial charge in [-0.15, -0.1) is 0 Å². The third-order valence-corrected chi connectivity index (χ3v) is 2.83. The second-order valence-corrected chi connectivity index (χ2v) is 4.54. The van der Waals surface area contributed by atoms with Crippen LogP contribution < -0.4 is 0 Å². The van der Waals surface area contributed by atoms with Crippen molar-refractivity contribution in [1.82, 2.24) is 0 Å². The van der Waals surface area contributed by atoms with E-state index in [4.69, 9.17) is 10.2 Å². The van der Waals surface area contributed by atoms with Gasteiger partial charge in [0.2, 0.25) is 0 Å². The van der Waals surface area contributed by atoms with Crippen molar-refractivity contribution in [2.24, 2.45) is 5.92 Å². The van der Waals surface area contributed by atoms with E-state index < -0.39 is 17.9 Å². The average molecular weight is 256 g/mol. The number of carboxylic acid groups (broad SMARTS) is 2. The van der Waals surface area contributed by atoms with E-state index in [1.165, 1.54) is 25.7 Å². The number of carbonyl (C=O) groups is 2. The molecular weight excluding hydrogens is 232 g/mol. The van der Waals surface area contributed by atoms with Gasteiger partial charge in [0.05, 0.1) is 12.3 Å². The molecule has 0 aromatic carbocycles. The maximum Gasteiger partial charge on any atom is 0.307 e. The molecule has 0 saturated heterocycles. The third-order valence-electron chi connectivity index (χ3n) is 2.83. The van der Waals surface area contributed by atoms with Gasteiger partial charge in [-0.2, -0.15) is 0 Å². The molecule has 0 aliphatic heterocycles. The summed E-state index contributed by atoms with van der Waals surface area (Å²) in [6.45, 7) is 2.17. The Kier molecular flexibility index (Phi) is 10.0. The molecule has 0 rings (SSSR count). The van der Waals surface area contributed by atoms with Crippen LogP contribution in [-0.2, 0) is 9.59 Å². The van der Waals surface area contributed by atoms with E-state index in [2.05, 4.69) is 6.92 Å². The molecule has 0 aromatic rings. The second-order valence-electron chi connectivity index (χ2n) is 4.54. The van der Waals surface area contributed by atoms with Crippen LogP contribution in [0, 0.1) is 5.92 Å². The van der Waals surface area contributed by atoms with Crippen LogP contribution in [0.3, 0.4) is 0 Å². The summed E-state index contributed by atoms with van der Waals surface area (Å²) in [5, 5.41) is 17.4. The first-order valence-electron chi connectivity index (χ1n) is 6.67. The zero-order chi connectivity index (χ0) is 13.8. The largest absolute Gasteiger partial charge is 0.481 e. The van der Waals surface area contributed by atoms with E-state index >= 15 is 0 Å². The van der Waals surface area contributed by atoms with E-state index in [1.54, 1.807) is 6.08 Å². The maximum atomic E-state index is 10.8. The van der Waals surface area contributed by atoms with Gasteiger partial charge < -0.3 is 10.2 Å². The van der Waals surface area contributed by atoms with Gasteiger partial charge in [-0.1, -0.05) is 44.8 Å². The molecule has 0 fully saturated rings. The highest BCUT2D eigenvalue weighted by atomic mass is 16.4. The molecule has 4 nitrogen and oxygen atoms in total. The number of carboxylic acids is 2. The van der Waals surface area contributed by atoms with Crippen molar-refractivity contribution in [2.75, 3.05) is 0 Å². The highest BCUT2D eigenvalue weighted by Crippen LogP contribution is 2.11. The molecule has 0 spiro atoms. The van der Waals surface area contributed by atoms with Crippen molar-refractivity contribution in [3.8, 4) is 0 Å². The number of unbranched alkanes of at least 4 members (excludes halogenated alkanes) is 5. The highest BCUT2D eigenvalue weighted by molar-refractivity contribution is 5.77. The van der Waals surface area contributed by atoms with E-state index in [1.807, 2.05) is 6.08 Å². The van der Waals surface area contributed by atoms with Crippen LogP contribution in [0.4, 0.5) is 0 Å². The van der Waals surface area contributed by atoms with E-state index in [9.17, 15) is 9.59 Å². The summed E-state index contributed by atoms with van der Waals surface area (Å²) in [6.07, 6.45) is 10.8. The molecule has 0 aliphatic rings. The van der Waals surface area contributed by atoms with Gasteiger partial charge in [-0.25, -0.2) is 0 Å². The van der Waals surface area contributed by atoms with Crippen LogP contribution in [0.2, 0.25) is 0 Å². The summed E-state index contributed by atoms with van der Waals surface area (Å²) in [7, 11) is 0. The molecule has 0 radical (unpaired) electrons. The lowest BCUT2D eigenvalue weighted by Crippen LogP contribution is -2.16. The van der Waals surface area contributed by atoms with Crippen molar-refractivity contribution in [3.63, 3.8) is 0 Å². The molecule has 0 amide bonds. The Bertz CT molecular complexity index is 271. The lowest BCUT2D eigenvalue weighted by Gasteiger charge is -2.05. The predicted octanol–water partition coefficient (Wildman–Crippen LogP) is 3.47. The van der Waals surface area contributed by atoms with Gasteiger partial charge in [-0.3, -0.25) is 9.59 Å². The SMILES string of the molecule is CCCCCCC/C=C/CC(CC(=O)O)C(=O)O. The average Bonchev–Trinajstić information content (AvgIpc) is 2.30. The zero-order valence-electron chi connectivity index (χ0n) is 11.1. The fourth-order valence-electron chi connectivity index (χ4n) is 1.73. The summed E-state index contributed by atoms with van der Waals surface area (Å²) in [6, 6.07) is 0. The minimum Gasteiger partial charge on any atom is -0.481 e. The fourth-order valence-corrected chi connectivity index (χ4v) is 1.73. The number of rotatable bonds is 11. The lowest BCUT2D eigenvalue weighted by molar-refractivity contribution is -0.148. The molecule has 0 bridgehead atoms. The minimum absolute atomic E-state index is 0.302.